The molecule has 28 heavy (non-hydrogen) atoms. The quantitative estimate of drug-likeness (QED) is 0.606. The maximum absolute atomic E-state index is 12.3. The molecule has 0 aliphatic rings. The van der Waals surface area contributed by atoms with Crippen LogP contribution in [0.15, 0.2) is 47.8 Å². The molecule has 0 radical (unpaired) electrons. The van der Waals surface area contributed by atoms with E-state index in [1.54, 1.807) is 6.07 Å². The number of anilines is 1. The molecule has 0 spiro atoms. The van der Waals surface area contributed by atoms with Crippen LogP contribution in [0.25, 0.3) is 10.6 Å². The number of nitrogens with two attached hydrogens (primary N) is 1. The fraction of sp³-hybridized carbons (Fsp3) is 0.150. The minimum Gasteiger partial charge on any atom is -0.494 e. The summed E-state index contributed by atoms with van der Waals surface area (Å²) in [6.45, 7) is 2.55. The second-order valence-electron chi connectivity index (χ2n) is 5.89. The van der Waals surface area contributed by atoms with Gasteiger partial charge in [-0.05, 0) is 49.4 Å². The van der Waals surface area contributed by atoms with Gasteiger partial charge in [0.1, 0.15) is 10.8 Å². The molecule has 6 nitrogen and oxygen atoms in total. The number of aromatic nitrogens is 1. The Morgan fingerprint density at radius 3 is 2.61 bits per heavy atom. The van der Waals surface area contributed by atoms with E-state index in [0.29, 0.717) is 18.0 Å². The lowest BCUT2D eigenvalue weighted by Crippen LogP contribution is -2.15. The number of primary amides is 1. The maximum atomic E-state index is 12.3. The van der Waals surface area contributed by atoms with Crippen LogP contribution in [0.3, 0.4) is 0 Å². The molecule has 0 unspecified atom stereocenters. The smallest absolute Gasteiger partial charge is 0.250 e. The van der Waals surface area contributed by atoms with Gasteiger partial charge < -0.3 is 15.8 Å². The highest BCUT2D eigenvalue weighted by Crippen LogP contribution is 2.26. The molecular weight excluding hydrogens is 398 g/mol. The molecular formula is C20H18ClN3O3S. The first-order valence-corrected chi connectivity index (χ1v) is 9.79. The van der Waals surface area contributed by atoms with E-state index in [0.717, 1.165) is 16.3 Å². The summed E-state index contributed by atoms with van der Waals surface area (Å²) in [4.78, 5) is 28.0. The lowest BCUT2D eigenvalue weighted by Gasteiger charge is -2.06. The first kappa shape index (κ1) is 19.9. The molecule has 3 aromatic rings. The molecule has 3 rings (SSSR count). The first-order chi connectivity index (χ1) is 13.5. The number of carbonyl (C=O) groups excluding carboxylic acids is 2. The number of thiazole rings is 1. The molecule has 0 aliphatic heterocycles. The van der Waals surface area contributed by atoms with Crippen LogP contribution in [0.5, 0.6) is 5.75 Å². The fourth-order valence-corrected chi connectivity index (χ4v) is 3.64. The predicted molar refractivity (Wildman–Crippen MR) is 111 cm³/mol. The lowest BCUT2D eigenvalue weighted by molar-refractivity contribution is -0.115. The number of amides is 2. The Labute approximate surface area is 171 Å². The molecule has 144 valence electrons. The largest absolute Gasteiger partial charge is 0.494 e. The van der Waals surface area contributed by atoms with Gasteiger partial charge in [-0.25, -0.2) is 4.98 Å². The third-order valence-corrected chi connectivity index (χ3v) is 5.08. The van der Waals surface area contributed by atoms with E-state index >= 15 is 0 Å². The van der Waals surface area contributed by atoms with Gasteiger partial charge in [-0.2, -0.15) is 0 Å². The highest BCUT2D eigenvalue weighted by molar-refractivity contribution is 7.13. The SMILES string of the molecule is CCOc1ccc(-c2nc(CC(=O)Nc3ccc(C(N)=O)c(Cl)c3)cs2)cc1. The Morgan fingerprint density at radius 1 is 1.21 bits per heavy atom. The van der Waals surface area contributed by atoms with Crippen molar-refractivity contribution in [3.8, 4) is 16.3 Å². The van der Waals surface area contributed by atoms with E-state index in [1.807, 2.05) is 36.6 Å². The Hall–Kier alpha value is -2.90. The number of hydrogen-bond acceptors (Lipinski definition) is 5. The summed E-state index contributed by atoms with van der Waals surface area (Å²) in [5.74, 6) is -0.0398. The van der Waals surface area contributed by atoms with Crippen LogP contribution in [-0.4, -0.2) is 23.4 Å². The summed E-state index contributed by atoms with van der Waals surface area (Å²) in [7, 11) is 0. The van der Waals surface area contributed by atoms with Crippen molar-refractivity contribution in [2.24, 2.45) is 5.73 Å². The van der Waals surface area contributed by atoms with Gasteiger partial charge in [0.05, 0.1) is 29.3 Å². The summed E-state index contributed by atoms with van der Waals surface area (Å²) >= 11 is 7.47. The van der Waals surface area contributed by atoms with Crippen LogP contribution in [0.4, 0.5) is 5.69 Å². The van der Waals surface area contributed by atoms with E-state index in [9.17, 15) is 9.59 Å². The van der Waals surface area contributed by atoms with Crippen LogP contribution in [0, 0.1) is 0 Å². The Bertz CT molecular complexity index is 1000. The second-order valence-corrected chi connectivity index (χ2v) is 7.15. The van der Waals surface area contributed by atoms with Gasteiger partial charge in [-0.1, -0.05) is 11.6 Å². The second kappa shape index (κ2) is 8.86. The molecule has 0 saturated heterocycles. The number of nitrogens with zero attached hydrogens (tertiary/aromatic N) is 1. The zero-order valence-corrected chi connectivity index (χ0v) is 16.6. The van der Waals surface area contributed by atoms with E-state index in [4.69, 9.17) is 22.1 Å². The molecule has 0 atom stereocenters. The van der Waals surface area contributed by atoms with Gasteiger partial charge >= 0.3 is 0 Å². The monoisotopic (exact) mass is 415 g/mol. The average Bonchev–Trinajstić information content (AvgIpc) is 3.10. The molecule has 2 amide bonds. The highest BCUT2D eigenvalue weighted by Gasteiger charge is 2.12. The van der Waals surface area contributed by atoms with Gasteiger partial charge in [-0.15, -0.1) is 11.3 Å². The number of halogens is 1. The van der Waals surface area contributed by atoms with E-state index in [-0.39, 0.29) is 22.9 Å². The Morgan fingerprint density at radius 2 is 1.96 bits per heavy atom. The molecule has 1 aromatic heterocycles. The normalized spacial score (nSPS) is 10.5. The van der Waals surface area contributed by atoms with Gasteiger partial charge in [-0.3, -0.25) is 9.59 Å². The van der Waals surface area contributed by atoms with Gasteiger partial charge in [0.15, 0.2) is 0 Å². The van der Waals surface area contributed by atoms with E-state index in [1.165, 1.54) is 23.5 Å². The zero-order valence-electron chi connectivity index (χ0n) is 15.1. The molecule has 2 aromatic carbocycles. The van der Waals surface area contributed by atoms with Crippen LogP contribution in [0.1, 0.15) is 23.0 Å². The fourth-order valence-electron chi connectivity index (χ4n) is 2.54. The van der Waals surface area contributed by atoms with Crippen molar-refractivity contribution < 1.29 is 14.3 Å². The summed E-state index contributed by atoms with van der Waals surface area (Å²) in [6, 6.07) is 12.2. The summed E-state index contributed by atoms with van der Waals surface area (Å²) in [6.07, 6.45) is 0.128. The molecule has 0 bridgehead atoms. The maximum Gasteiger partial charge on any atom is 0.250 e. The summed E-state index contributed by atoms with van der Waals surface area (Å²) in [5.41, 5.74) is 7.55. The van der Waals surface area contributed by atoms with Gasteiger partial charge in [0.25, 0.3) is 0 Å². The van der Waals surface area contributed by atoms with Gasteiger partial charge in [0, 0.05) is 16.6 Å². The van der Waals surface area contributed by atoms with Crippen LogP contribution in [-0.2, 0) is 11.2 Å². The van der Waals surface area contributed by atoms with Crippen molar-refractivity contribution in [2.75, 3.05) is 11.9 Å². The van der Waals surface area contributed by atoms with Crippen molar-refractivity contribution in [3.05, 3.63) is 64.1 Å². The molecule has 8 heteroatoms. The molecule has 0 fully saturated rings. The molecule has 3 N–H and O–H groups in total. The minimum atomic E-state index is -0.618. The lowest BCUT2D eigenvalue weighted by atomic mass is 10.2. The highest BCUT2D eigenvalue weighted by atomic mass is 35.5. The minimum absolute atomic E-state index is 0.128. The van der Waals surface area contributed by atoms with Crippen LogP contribution in [0.2, 0.25) is 5.02 Å². The Balaban J connectivity index is 1.64. The molecule has 0 aliphatic carbocycles. The number of ether oxygens (including phenoxy) is 1. The average molecular weight is 416 g/mol. The third kappa shape index (κ3) is 4.88. The summed E-state index contributed by atoms with van der Waals surface area (Å²) < 4.78 is 5.43. The number of benzene rings is 2. The van der Waals surface area contributed by atoms with Gasteiger partial charge in [0.2, 0.25) is 11.8 Å². The van der Waals surface area contributed by atoms with Crippen molar-refractivity contribution in [3.63, 3.8) is 0 Å². The molecule has 0 saturated carbocycles. The van der Waals surface area contributed by atoms with Crippen molar-refractivity contribution in [1.29, 1.82) is 0 Å². The van der Waals surface area contributed by atoms with E-state index in [2.05, 4.69) is 10.3 Å². The zero-order chi connectivity index (χ0) is 20.1. The standard InChI is InChI=1S/C20H18ClN3O3S/c1-2-27-15-6-3-12(4-7-15)20-24-14(11-28-20)10-18(25)23-13-5-8-16(19(22)26)17(21)9-13/h3-9,11H,2,10H2,1H3,(H2,22,26)(H,23,25). The predicted octanol–water partition coefficient (Wildman–Crippen LogP) is 4.14. The van der Waals surface area contributed by atoms with Crippen LogP contribution < -0.4 is 15.8 Å². The van der Waals surface area contributed by atoms with Crippen molar-refractivity contribution in [2.45, 2.75) is 13.3 Å². The number of carbonyl (C=O) groups is 2. The van der Waals surface area contributed by atoms with Crippen molar-refractivity contribution >= 4 is 40.4 Å². The van der Waals surface area contributed by atoms with Crippen molar-refractivity contribution in [1.82, 2.24) is 4.98 Å². The summed E-state index contributed by atoms with van der Waals surface area (Å²) in [5, 5.41) is 5.62. The number of rotatable bonds is 7. The number of hydrogen-bond donors (Lipinski definition) is 2. The third-order valence-electron chi connectivity index (χ3n) is 3.82. The Kier molecular flexibility index (Phi) is 6.28. The topological polar surface area (TPSA) is 94.3 Å². The molecule has 1 heterocycles. The first-order valence-electron chi connectivity index (χ1n) is 8.53. The van der Waals surface area contributed by atoms with Crippen LogP contribution >= 0.6 is 22.9 Å². The van der Waals surface area contributed by atoms with E-state index < -0.39 is 5.91 Å². The number of nitrogens with one attached hydrogen (secondary N) is 1.